The van der Waals surface area contributed by atoms with Crippen LogP contribution < -0.4 is 0 Å². The molecule has 1 fully saturated rings. The first-order chi connectivity index (χ1) is 10.7. The minimum atomic E-state index is -3.67. The van der Waals surface area contributed by atoms with Gasteiger partial charge in [-0.3, -0.25) is 4.79 Å². The molecule has 0 radical (unpaired) electrons. The number of sulfonamides is 1. The Hall–Kier alpha value is -1.40. The molecule has 0 saturated carbocycles. The molecule has 2 atom stereocenters. The summed E-state index contributed by atoms with van der Waals surface area (Å²) in [6, 6.07) is 9.91. The number of rotatable bonds is 5. The van der Waals surface area contributed by atoms with E-state index in [2.05, 4.69) is 0 Å². The van der Waals surface area contributed by atoms with Crippen molar-refractivity contribution in [2.24, 2.45) is 0 Å². The molecule has 23 heavy (non-hydrogen) atoms. The molecule has 2 unspecified atom stereocenters. The highest BCUT2D eigenvalue weighted by Gasteiger charge is 2.47. The minimum Gasteiger partial charge on any atom is -0.348 e. The normalized spacial score (nSPS) is 23.7. The molecule has 5 nitrogen and oxygen atoms in total. The average molecular weight is 338 g/mol. The molecule has 0 aromatic heterocycles. The van der Waals surface area contributed by atoms with Crippen LogP contribution in [-0.2, 0) is 21.2 Å². The minimum absolute atomic E-state index is 0.376. The van der Waals surface area contributed by atoms with Crippen LogP contribution in [0.5, 0.6) is 0 Å². The molecule has 1 aromatic carbocycles. The number of hydrogen-bond acceptors (Lipinski definition) is 3. The van der Waals surface area contributed by atoms with E-state index in [1.54, 1.807) is 18.4 Å². The standard InChI is InChI=1S/C17H26N2O3S/c1-14(16(20)18(3)4)23(21,22)19-12-8-11-17(19,2)13-15-9-6-5-7-10-15/h5-7,9-10,14H,8,11-13H2,1-4H3. The van der Waals surface area contributed by atoms with Gasteiger partial charge in [0.2, 0.25) is 15.9 Å². The van der Waals surface area contributed by atoms with Gasteiger partial charge in [-0.25, -0.2) is 8.42 Å². The zero-order valence-corrected chi connectivity index (χ0v) is 15.1. The van der Waals surface area contributed by atoms with Gasteiger partial charge in [0, 0.05) is 26.2 Å². The van der Waals surface area contributed by atoms with Crippen molar-refractivity contribution in [2.45, 2.75) is 43.9 Å². The van der Waals surface area contributed by atoms with E-state index in [9.17, 15) is 13.2 Å². The summed E-state index contributed by atoms with van der Waals surface area (Å²) in [4.78, 5) is 13.5. The summed E-state index contributed by atoms with van der Waals surface area (Å²) in [7, 11) is -0.499. The highest BCUT2D eigenvalue weighted by Crippen LogP contribution is 2.36. The van der Waals surface area contributed by atoms with E-state index in [1.807, 2.05) is 37.3 Å². The zero-order chi connectivity index (χ0) is 17.3. The van der Waals surface area contributed by atoms with E-state index in [4.69, 9.17) is 0 Å². The Morgan fingerprint density at radius 3 is 2.48 bits per heavy atom. The van der Waals surface area contributed by atoms with Crippen molar-refractivity contribution in [2.75, 3.05) is 20.6 Å². The first kappa shape index (κ1) is 17.9. The van der Waals surface area contributed by atoms with Crippen LogP contribution in [0.1, 0.15) is 32.3 Å². The summed E-state index contributed by atoms with van der Waals surface area (Å²) in [5.41, 5.74) is 0.643. The summed E-state index contributed by atoms with van der Waals surface area (Å²) in [5, 5.41) is -1.05. The maximum Gasteiger partial charge on any atom is 0.241 e. The Kier molecular flexibility index (Phi) is 5.16. The van der Waals surface area contributed by atoms with Crippen LogP contribution in [-0.4, -0.2) is 55.0 Å². The van der Waals surface area contributed by atoms with Gasteiger partial charge in [-0.05, 0) is 38.7 Å². The molecule has 1 aliphatic rings. The largest absolute Gasteiger partial charge is 0.348 e. The monoisotopic (exact) mass is 338 g/mol. The molecule has 2 rings (SSSR count). The van der Waals surface area contributed by atoms with Crippen LogP contribution in [0.2, 0.25) is 0 Å². The second kappa shape index (κ2) is 6.61. The lowest BCUT2D eigenvalue weighted by Crippen LogP contribution is -2.52. The van der Waals surface area contributed by atoms with Gasteiger partial charge in [0.15, 0.2) is 5.25 Å². The maximum absolute atomic E-state index is 13.0. The van der Waals surface area contributed by atoms with Crippen LogP contribution in [0.3, 0.4) is 0 Å². The van der Waals surface area contributed by atoms with Crippen molar-refractivity contribution in [3.05, 3.63) is 35.9 Å². The van der Waals surface area contributed by atoms with Crippen molar-refractivity contribution in [3.8, 4) is 0 Å². The molecule has 0 N–H and O–H groups in total. The zero-order valence-electron chi connectivity index (χ0n) is 14.3. The van der Waals surface area contributed by atoms with Gasteiger partial charge in [0.1, 0.15) is 0 Å². The van der Waals surface area contributed by atoms with Crippen LogP contribution >= 0.6 is 0 Å². The number of carbonyl (C=O) groups excluding carboxylic acids is 1. The average Bonchev–Trinajstić information content (AvgIpc) is 2.88. The number of hydrogen-bond donors (Lipinski definition) is 0. The Bertz CT molecular complexity index is 658. The van der Waals surface area contributed by atoms with Crippen molar-refractivity contribution in [3.63, 3.8) is 0 Å². The molecule has 0 aliphatic carbocycles. The number of amides is 1. The second-order valence-electron chi connectivity index (χ2n) is 6.75. The molecule has 6 heteroatoms. The SMILES string of the molecule is CC(C(=O)N(C)C)S(=O)(=O)N1CCCC1(C)Cc1ccccc1. The Morgan fingerprint density at radius 2 is 1.91 bits per heavy atom. The Balaban J connectivity index is 2.28. The molecule has 0 spiro atoms. The van der Waals surface area contributed by atoms with E-state index in [0.717, 1.165) is 18.4 Å². The maximum atomic E-state index is 13.0. The van der Waals surface area contributed by atoms with Gasteiger partial charge < -0.3 is 4.90 Å². The fourth-order valence-corrected chi connectivity index (χ4v) is 5.33. The van der Waals surface area contributed by atoms with E-state index < -0.39 is 20.8 Å². The Morgan fingerprint density at radius 1 is 1.30 bits per heavy atom. The van der Waals surface area contributed by atoms with Crippen LogP contribution in [0.15, 0.2) is 30.3 Å². The van der Waals surface area contributed by atoms with Gasteiger partial charge >= 0.3 is 0 Å². The molecular weight excluding hydrogens is 312 g/mol. The highest BCUT2D eigenvalue weighted by atomic mass is 32.2. The summed E-state index contributed by atoms with van der Waals surface area (Å²) in [6.07, 6.45) is 2.30. The lowest BCUT2D eigenvalue weighted by atomic mass is 9.91. The van der Waals surface area contributed by atoms with Crippen LogP contribution in [0.25, 0.3) is 0 Å². The van der Waals surface area contributed by atoms with Gasteiger partial charge in [-0.15, -0.1) is 0 Å². The first-order valence-electron chi connectivity index (χ1n) is 7.95. The number of carbonyl (C=O) groups is 1. The van der Waals surface area contributed by atoms with Crippen molar-refractivity contribution < 1.29 is 13.2 Å². The molecule has 1 aromatic rings. The van der Waals surface area contributed by atoms with Gasteiger partial charge in [-0.2, -0.15) is 4.31 Å². The van der Waals surface area contributed by atoms with Crippen LogP contribution in [0.4, 0.5) is 0 Å². The predicted octanol–water partition coefficient (Wildman–Crippen LogP) is 1.89. The van der Waals surface area contributed by atoms with E-state index in [0.29, 0.717) is 13.0 Å². The smallest absolute Gasteiger partial charge is 0.241 e. The first-order valence-corrected chi connectivity index (χ1v) is 9.45. The third kappa shape index (κ3) is 3.58. The molecule has 1 saturated heterocycles. The molecule has 128 valence electrons. The van der Waals surface area contributed by atoms with Crippen LogP contribution in [0, 0.1) is 0 Å². The van der Waals surface area contributed by atoms with Crippen molar-refractivity contribution in [1.82, 2.24) is 9.21 Å². The van der Waals surface area contributed by atoms with E-state index >= 15 is 0 Å². The summed E-state index contributed by atoms with van der Waals surface area (Å²) in [5.74, 6) is -0.376. The molecule has 1 amide bonds. The molecular formula is C17H26N2O3S. The number of nitrogens with zero attached hydrogens (tertiary/aromatic N) is 2. The fraction of sp³-hybridized carbons (Fsp3) is 0.588. The third-order valence-electron chi connectivity index (χ3n) is 4.65. The van der Waals surface area contributed by atoms with E-state index in [-0.39, 0.29) is 5.91 Å². The molecule has 0 bridgehead atoms. The fourth-order valence-electron chi connectivity index (χ4n) is 3.33. The van der Waals surface area contributed by atoms with Gasteiger partial charge in [0.05, 0.1) is 0 Å². The molecule has 1 heterocycles. The van der Waals surface area contributed by atoms with E-state index in [1.165, 1.54) is 11.8 Å². The Labute approximate surface area is 139 Å². The lowest BCUT2D eigenvalue weighted by Gasteiger charge is -2.36. The summed E-state index contributed by atoms with van der Waals surface area (Å²) >= 11 is 0. The molecule has 1 aliphatic heterocycles. The third-order valence-corrected chi connectivity index (χ3v) is 6.98. The highest BCUT2D eigenvalue weighted by molar-refractivity contribution is 7.90. The van der Waals surface area contributed by atoms with Crippen molar-refractivity contribution >= 4 is 15.9 Å². The van der Waals surface area contributed by atoms with Gasteiger partial charge in [-0.1, -0.05) is 30.3 Å². The summed E-state index contributed by atoms with van der Waals surface area (Å²) in [6.45, 7) is 3.95. The predicted molar refractivity (Wildman–Crippen MR) is 91.6 cm³/mol. The van der Waals surface area contributed by atoms with Gasteiger partial charge in [0.25, 0.3) is 0 Å². The second-order valence-corrected chi connectivity index (χ2v) is 8.93. The summed E-state index contributed by atoms with van der Waals surface area (Å²) < 4.78 is 27.5. The lowest BCUT2D eigenvalue weighted by molar-refractivity contribution is -0.128. The number of benzene rings is 1. The van der Waals surface area contributed by atoms with Crippen molar-refractivity contribution in [1.29, 1.82) is 0 Å². The topological polar surface area (TPSA) is 57.7 Å². The quantitative estimate of drug-likeness (QED) is 0.824.